The van der Waals surface area contributed by atoms with Crippen LogP contribution in [-0.4, -0.2) is 15.0 Å². The third kappa shape index (κ3) is 2.31. The van der Waals surface area contributed by atoms with Crippen molar-refractivity contribution in [2.45, 2.75) is 26.3 Å². The molecule has 1 N–H and O–H groups in total. The van der Waals surface area contributed by atoms with Gasteiger partial charge in [-0.2, -0.15) is 0 Å². The molecular formula is C13H15NO3S. The van der Waals surface area contributed by atoms with Crippen LogP contribution in [0.2, 0.25) is 0 Å². The third-order valence-electron chi connectivity index (χ3n) is 2.78. The van der Waals surface area contributed by atoms with Crippen LogP contribution in [0.3, 0.4) is 0 Å². The molecule has 0 aliphatic heterocycles. The fraction of sp³-hybridized carbons (Fsp3) is 0.385. The highest BCUT2D eigenvalue weighted by atomic mass is 32.1. The minimum atomic E-state index is -0.947. The van der Waals surface area contributed by atoms with Gasteiger partial charge < -0.3 is 5.11 Å². The maximum atomic E-state index is 12.2. The minimum absolute atomic E-state index is 0.205. The van der Waals surface area contributed by atoms with E-state index in [2.05, 4.69) is 0 Å². The lowest BCUT2D eigenvalue weighted by Crippen LogP contribution is -2.26. The molecule has 0 fully saturated rings. The molecule has 1 aromatic carbocycles. The number of hydrogen-bond donors (Lipinski definition) is 1. The van der Waals surface area contributed by atoms with Crippen molar-refractivity contribution in [2.24, 2.45) is 5.92 Å². The number of aromatic nitrogens is 1. The molecule has 5 heteroatoms. The summed E-state index contributed by atoms with van der Waals surface area (Å²) in [7, 11) is 0. The van der Waals surface area contributed by atoms with Crippen molar-refractivity contribution >= 4 is 27.6 Å². The van der Waals surface area contributed by atoms with Gasteiger partial charge in [0.25, 0.3) is 5.56 Å². The molecule has 0 saturated carbocycles. The van der Waals surface area contributed by atoms with Gasteiger partial charge in [-0.15, -0.1) is 0 Å². The van der Waals surface area contributed by atoms with Gasteiger partial charge in [-0.25, -0.2) is 8.75 Å². The van der Waals surface area contributed by atoms with Crippen molar-refractivity contribution in [3.63, 3.8) is 0 Å². The van der Waals surface area contributed by atoms with E-state index in [-0.39, 0.29) is 11.5 Å². The first-order valence-corrected chi connectivity index (χ1v) is 6.61. The molecule has 1 atom stereocenters. The van der Waals surface area contributed by atoms with E-state index in [1.54, 1.807) is 12.1 Å². The van der Waals surface area contributed by atoms with Gasteiger partial charge in [-0.1, -0.05) is 37.5 Å². The first-order valence-electron chi connectivity index (χ1n) is 5.84. The number of carboxylic acids is 1. The highest BCUT2D eigenvalue weighted by molar-refractivity contribution is 7.13. The van der Waals surface area contributed by atoms with Gasteiger partial charge in [0.05, 0.1) is 10.1 Å². The van der Waals surface area contributed by atoms with Crippen LogP contribution in [0.15, 0.2) is 29.1 Å². The van der Waals surface area contributed by atoms with Crippen molar-refractivity contribution in [3.8, 4) is 0 Å². The standard InChI is InChI=1S/C13H15NO3S/c1-8(2)7-10(13(16)17)14-12(15)9-5-3-4-6-11(9)18-14/h3-6,8,10H,7H2,1-2H3,(H,16,17)/t10-/m1/s1. The van der Waals surface area contributed by atoms with Gasteiger partial charge in [-0.05, 0) is 24.5 Å². The van der Waals surface area contributed by atoms with E-state index in [0.29, 0.717) is 11.8 Å². The van der Waals surface area contributed by atoms with Gasteiger partial charge >= 0.3 is 5.97 Å². The third-order valence-corrected chi connectivity index (χ3v) is 3.95. The number of carbonyl (C=O) groups is 1. The fourth-order valence-corrected chi connectivity index (χ4v) is 3.03. The zero-order valence-corrected chi connectivity index (χ0v) is 11.1. The first kappa shape index (κ1) is 12.8. The lowest BCUT2D eigenvalue weighted by Gasteiger charge is -2.14. The molecule has 0 aliphatic carbocycles. The Hall–Kier alpha value is -1.62. The van der Waals surface area contributed by atoms with E-state index < -0.39 is 12.0 Å². The quantitative estimate of drug-likeness (QED) is 0.924. The number of rotatable bonds is 4. The average Bonchev–Trinajstić information content (AvgIpc) is 2.64. The molecule has 18 heavy (non-hydrogen) atoms. The topological polar surface area (TPSA) is 59.3 Å². The molecule has 0 radical (unpaired) electrons. The maximum Gasteiger partial charge on any atom is 0.327 e. The number of hydrogen-bond acceptors (Lipinski definition) is 3. The highest BCUT2D eigenvalue weighted by Crippen LogP contribution is 2.23. The molecule has 2 aromatic rings. The zero-order valence-electron chi connectivity index (χ0n) is 10.3. The summed E-state index contributed by atoms with van der Waals surface area (Å²) in [5.41, 5.74) is -0.205. The van der Waals surface area contributed by atoms with Crippen LogP contribution in [0.25, 0.3) is 10.1 Å². The van der Waals surface area contributed by atoms with E-state index in [4.69, 9.17) is 0 Å². The van der Waals surface area contributed by atoms with E-state index >= 15 is 0 Å². The highest BCUT2D eigenvalue weighted by Gasteiger charge is 2.24. The first-order chi connectivity index (χ1) is 8.50. The SMILES string of the molecule is CC(C)C[C@H](C(=O)O)n1sc2ccccc2c1=O. The predicted octanol–water partition coefficient (Wildman–Crippen LogP) is 2.73. The Morgan fingerprint density at radius 1 is 1.39 bits per heavy atom. The molecule has 1 aromatic heterocycles. The van der Waals surface area contributed by atoms with Crippen molar-refractivity contribution in [3.05, 3.63) is 34.6 Å². The smallest absolute Gasteiger partial charge is 0.327 e. The summed E-state index contributed by atoms with van der Waals surface area (Å²) in [6.07, 6.45) is 0.460. The van der Waals surface area contributed by atoms with Crippen LogP contribution in [-0.2, 0) is 4.79 Å². The normalized spacial score (nSPS) is 13.1. The number of carboxylic acid groups (broad SMARTS) is 1. The molecule has 2 rings (SSSR count). The molecule has 0 spiro atoms. The van der Waals surface area contributed by atoms with Crippen LogP contribution >= 0.6 is 11.5 Å². The molecular weight excluding hydrogens is 250 g/mol. The van der Waals surface area contributed by atoms with Crippen molar-refractivity contribution in [1.29, 1.82) is 0 Å². The van der Waals surface area contributed by atoms with Crippen molar-refractivity contribution in [2.75, 3.05) is 0 Å². The van der Waals surface area contributed by atoms with Crippen LogP contribution < -0.4 is 5.56 Å². The summed E-state index contributed by atoms with van der Waals surface area (Å²) in [6.45, 7) is 3.91. The second-order valence-corrected chi connectivity index (χ2v) is 5.72. The van der Waals surface area contributed by atoms with E-state index in [1.807, 2.05) is 26.0 Å². The molecule has 0 unspecified atom stereocenters. The fourth-order valence-electron chi connectivity index (χ4n) is 1.94. The monoisotopic (exact) mass is 265 g/mol. The lowest BCUT2D eigenvalue weighted by atomic mass is 10.0. The lowest BCUT2D eigenvalue weighted by molar-refractivity contribution is -0.141. The number of benzene rings is 1. The number of nitrogens with zero attached hydrogens (tertiary/aromatic N) is 1. The van der Waals surface area contributed by atoms with Gasteiger partial charge in [0.1, 0.15) is 6.04 Å². The Kier molecular flexibility index (Phi) is 3.52. The van der Waals surface area contributed by atoms with Crippen molar-refractivity contribution in [1.82, 2.24) is 3.96 Å². The zero-order chi connectivity index (χ0) is 13.3. The largest absolute Gasteiger partial charge is 0.480 e. The Labute approximate surface area is 109 Å². The van der Waals surface area contributed by atoms with Crippen molar-refractivity contribution < 1.29 is 9.90 Å². The second-order valence-electron chi connectivity index (χ2n) is 4.70. The van der Waals surface area contributed by atoms with Crippen LogP contribution in [0.4, 0.5) is 0 Å². The van der Waals surface area contributed by atoms with Gasteiger partial charge in [0.15, 0.2) is 0 Å². The van der Waals surface area contributed by atoms with Crippen LogP contribution in [0.5, 0.6) is 0 Å². The average molecular weight is 265 g/mol. The summed E-state index contributed by atoms with van der Waals surface area (Å²) in [6, 6.07) is 6.44. The van der Waals surface area contributed by atoms with E-state index in [0.717, 1.165) is 4.70 Å². The van der Waals surface area contributed by atoms with Gasteiger partial charge in [0.2, 0.25) is 0 Å². The Balaban J connectivity index is 2.54. The van der Waals surface area contributed by atoms with E-state index in [1.165, 1.54) is 15.5 Å². The molecule has 0 bridgehead atoms. The molecule has 96 valence electrons. The summed E-state index contributed by atoms with van der Waals surface area (Å²) in [4.78, 5) is 23.5. The molecule has 0 aliphatic rings. The minimum Gasteiger partial charge on any atom is -0.480 e. The number of fused-ring (bicyclic) bond motifs is 1. The maximum absolute atomic E-state index is 12.2. The van der Waals surface area contributed by atoms with Gasteiger partial charge in [0, 0.05) is 0 Å². The summed E-state index contributed by atoms with van der Waals surface area (Å²) in [5, 5.41) is 9.87. The Morgan fingerprint density at radius 3 is 2.61 bits per heavy atom. The molecule has 0 saturated heterocycles. The summed E-state index contributed by atoms with van der Waals surface area (Å²) in [5.74, 6) is -0.722. The van der Waals surface area contributed by atoms with E-state index in [9.17, 15) is 14.7 Å². The molecule has 1 heterocycles. The van der Waals surface area contributed by atoms with Crippen LogP contribution in [0, 0.1) is 5.92 Å². The predicted molar refractivity (Wildman–Crippen MR) is 72.2 cm³/mol. The summed E-state index contributed by atoms with van der Waals surface area (Å²) >= 11 is 1.23. The second kappa shape index (κ2) is 4.94. The Bertz CT molecular complexity index is 626. The van der Waals surface area contributed by atoms with Crippen LogP contribution in [0.1, 0.15) is 26.3 Å². The number of aliphatic carboxylic acids is 1. The molecule has 0 amide bonds. The summed E-state index contributed by atoms with van der Waals surface area (Å²) < 4.78 is 2.21. The Morgan fingerprint density at radius 2 is 2.06 bits per heavy atom. The van der Waals surface area contributed by atoms with Gasteiger partial charge in [-0.3, -0.25) is 4.79 Å². The molecule has 4 nitrogen and oxygen atoms in total.